The van der Waals surface area contributed by atoms with E-state index in [0.29, 0.717) is 18.8 Å². The maximum atomic E-state index is 14.5. The molecule has 7 heteroatoms. The van der Waals surface area contributed by atoms with Crippen LogP contribution in [-0.2, 0) is 6.54 Å². The lowest BCUT2D eigenvalue weighted by Gasteiger charge is -2.23. The average molecular weight is 315 g/mol. The molecule has 0 bridgehead atoms. The number of imidazole rings is 1. The van der Waals surface area contributed by atoms with Gasteiger partial charge in [-0.1, -0.05) is 0 Å². The number of carbonyl (C=O) groups is 1. The maximum absolute atomic E-state index is 14.5. The number of nitrogens with one attached hydrogen (secondary N) is 1. The number of rotatable bonds is 4. The first kappa shape index (κ1) is 15.2. The molecule has 0 radical (unpaired) electrons. The highest BCUT2D eigenvalue weighted by atomic mass is 19.1. The second-order valence-corrected chi connectivity index (χ2v) is 5.53. The highest BCUT2D eigenvalue weighted by molar-refractivity contribution is 5.95. The molecule has 1 aromatic heterocycles. The molecule has 1 aromatic carbocycles. The number of carbonyl (C=O) groups excluding carboxylic acids is 1. The van der Waals surface area contributed by atoms with Gasteiger partial charge in [0.2, 0.25) is 0 Å². The quantitative estimate of drug-likeness (QED) is 0.940. The van der Waals surface area contributed by atoms with Gasteiger partial charge in [-0.2, -0.15) is 0 Å². The predicted molar refractivity (Wildman–Crippen MR) is 85.9 cm³/mol. The van der Waals surface area contributed by atoms with Gasteiger partial charge >= 0.3 is 6.03 Å². The lowest BCUT2D eigenvalue weighted by atomic mass is 10.2. The number of amides is 2. The smallest absolute Gasteiger partial charge is 0.326 e. The molecule has 1 aliphatic rings. The molecule has 3 rings (SSSR count). The van der Waals surface area contributed by atoms with Crippen LogP contribution in [0.15, 0.2) is 42.9 Å². The molecule has 23 heavy (non-hydrogen) atoms. The van der Waals surface area contributed by atoms with Crippen LogP contribution >= 0.6 is 0 Å². The number of urea groups is 1. The molecule has 2 heterocycles. The number of halogens is 1. The van der Waals surface area contributed by atoms with Crippen LogP contribution in [0.2, 0.25) is 0 Å². The first-order valence-corrected chi connectivity index (χ1v) is 7.27. The minimum atomic E-state index is -0.464. The van der Waals surface area contributed by atoms with Gasteiger partial charge in [0.25, 0.3) is 0 Å². The summed E-state index contributed by atoms with van der Waals surface area (Å²) in [6.45, 7) is 1.10. The van der Waals surface area contributed by atoms with Crippen molar-refractivity contribution in [2.24, 2.45) is 0 Å². The SMILES string of the molecule is CN(C)Cc1nccn1-c1ccc(N2C=CCNC2=O)c(F)c1. The summed E-state index contributed by atoms with van der Waals surface area (Å²) in [5.74, 6) is 0.353. The summed E-state index contributed by atoms with van der Waals surface area (Å²) in [6.07, 6.45) is 6.82. The fourth-order valence-corrected chi connectivity index (χ4v) is 2.46. The van der Waals surface area contributed by atoms with E-state index in [1.54, 1.807) is 36.8 Å². The topological polar surface area (TPSA) is 53.4 Å². The number of aromatic nitrogens is 2. The first-order valence-electron chi connectivity index (χ1n) is 7.27. The van der Waals surface area contributed by atoms with E-state index in [0.717, 1.165) is 5.82 Å². The van der Waals surface area contributed by atoms with E-state index in [1.807, 2.05) is 23.6 Å². The van der Waals surface area contributed by atoms with Gasteiger partial charge in [0, 0.05) is 36.9 Å². The molecule has 0 unspecified atom stereocenters. The molecule has 2 amide bonds. The normalized spacial score (nSPS) is 14.4. The highest BCUT2D eigenvalue weighted by Gasteiger charge is 2.19. The molecular weight excluding hydrogens is 297 g/mol. The van der Waals surface area contributed by atoms with Crippen LogP contribution in [0.4, 0.5) is 14.9 Å². The summed E-state index contributed by atoms with van der Waals surface area (Å²) in [5.41, 5.74) is 0.887. The van der Waals surface area contributed by atoms with E-state index >= 15 is 0 Å². The molecule has 0 fully saturated rings. The summed E-state index contributed by atoms with van der Waals surface area (Å²) in [6, 6.07) is 4.44. The van der Waals surface area contributed by atoms with Crippen molar-refractivity contribution >= 4 is 11.7 Å². The second kappa shape index (κ2) is 6.21. The Morgan fingerprint density at radius 3 is 2.91 bits per heavy atom. The van der Waals surface area contributed by atoms with Crippen LogP contribution in [0.25, 0.3) is 5.69 Å². The summed E-state index contributed by atoms with van der Waals surface area (Å²) >= 11 is 0. The molecular formula is C16H18FN5O. The average Bonchev–Trinajstić information content (AvgIpc) is 2.95. The number of anilines is 1. The molecule has 0 saturated carbocycles. The number of nitrogens with zero attached hydrogens (tertiary/aromatic N) is 4. The van der Waals surface area contributed by atoms with Crippen molar-refractivity contribution in [2.75, 3.05) is 25.5 Å². The Hall–Kier alpha value is -2.67. The molecule has 0 spiro atoms. The molecule has 0 atom stereocenters. The highest BCUT2D eigenvalue weighted by Crippen LogP contribution is 2.24. The molecule has 1 N–H and O–H groups in total. The Balaban J connectivity index is 1.94. The van der Waals surface area contributed by atoms with Crippen LogP contribution < -0.4 is 10.2 Å². The molecule has 0 saturated heterocycles. The Bertz CT molecular complexity index is 753. The van der Waals surface area contributed by atoms with Gasteiger partial charge < -0.3 is 14.8 Å². The van der Waals surface area contributed by atoms with Crippen molar-refractivity contribution < 1.29 is 9.18 Å². The van der Waals surface area contributed by atoms with E-state index in [9.17, 15) is 9.18 Å². The van der Waals surface area contributed by atoms with E-state index in [1.165, 1.54) is 11.0 Å². The maximum Gasteiger partial charge on any atom is 0.326 e. The molecule has 120 valence electrons. The van der Waals surface area contributed by atoms with E-state index < -0.39 is 5.82 Å². The van der Waals surface area contributed by atoms with E-state index in [2.05, 4.69) is 10.3 Å². The zero-order valence-electron chi connectivity index (χ0n) is 13.0. The number of hydrogen-bond acceptors (Lipinski definition) is 3. The van der Waals surface area contributed by atoms with Crippen LogP contribution in [0.3, 0.4) is 0 Å². The first-order chi connectivity index (χ1) is 11.1. The summed E-state index contributed by atoms with van der Waals surface area (Å²) in [5, 5.41) is 2.64. The van der Waals surface area contributed by atoms with E-state index in [-0.39, 0.29) is 11.7 Å². The molecule has 2 aromatic rings. The Kier molecular flexibility index (Phi) is 4.12. The largest absolute Gasteiger partial charge is 0.334 e. The van der Waals surface area contributed by atoms with Gasteiger partial charge in [0.05, 0.1) is 12.2 Å². The molecule has 0 aliphatic carbocycles. The lowest BCUT2D eigenvalue weighted by Crippen LogP contribution is -2.40. The second-order valence-electron chi connectivity index (χ2n) is 5.53. The minimum absolute atomic E-state index is 0.219. The van der Waals surface area contributed by atoms with Gasteiger partial charge in [0.1, 0.15) is 11.6 Å². The lowest BCUT2D eigenvalue weighted by molar-refractivity contribution is 0.248. The van der Waals surface area contributed by atoms with Crippen molar-refractivity contribution in [3.05, 3.63) is 54.5 Å². The van der Waals surface area contributed by atoms with Crippen LogP contribution in [0.5, 0.6) is 0 Å². The zero-order chi connectivity index (χ0) is 16.4. The third-order valence-electron chi connectivity index (χ3n) is 3.49. The third-order valence-corrected chi connectivity index (χ3v) is 3.49. The Morgan fingerprint density at radius 2 is 2.22 bits per heavy atom. The van der Waals surface area contributed by atoms with Crippen molar-refractivity contribution in [1.29, 1.82) is 0 Å². The Morgan fingerprint density at radius 1 is 1.39 bits per heavy atom. The van der Waals surface area contributed by atoms with Gasteiger partial charge in [-0.15, -0.1) is 0 Å². The Labute approximate surface area is 133 Å². The number of hydrogen-bond donors (Lipinski definition) is 1. The van der Waals surface area contributed by atoms with Crippen LogP contribution in [0, 0.1) is 5.82 Å². The van der Waals surface area contributed by atoms with Crippen molar-refractivity contribution in [1.82, 2.24) is 19.8 Å². The van der Waals surface area contributed by atoms with Gasteiger partial charge in [-0.05, 0) is 32.3 Å². The number of benzene rings is 1. The van der Waals surface area contributed by atoms with Crippen LogP contribution in [-0.4, -0.2) is 41.1 Å². The molecule has 6 nitrogen and oxygen atoms in total. The summed E-state index contributed by atoms with van der Waals surface area (Å²) < 4.78 is 16.3. The van der Waals surface area contributed by atoms with Gasteiger partial charge in [0.15, 0.2) is 0 Å². The van der Waals surface area contributed by atoms with Crippen molar-refractivity contribution in [2.45, 2.75) is 6.54 Å². The van der Waals surface area contributed by atoms with Crippen LogP contribution in [0.1, 0.15) is 5.82 Å². The third kappa shape index (κ3) is 3.09. The fourth-order valence-electron chi connectivity index (χ4n) is 2.46. The monoisotopic (exact) mass is 315 g/mol. The summed E-state index contributed by atoms with van der Waals surface area (Å²) in [7, 11) is 3.90. The standard InChI is InChI=1S/C16H18FN5O/c1-20(2)11-15-18-7-9-21(15)12-4-5-14(13(17)10-12)22-8-3-6-19-16(22)23/h3-5,7-10H,6,11H2,1-2H3,(H,19,23). The van der Waals surface area contributed by atoms with Gasteiger partial charge in [-0.3, -0.25) is 4.90 Å². The molecule has 1 aliphatic heterocycles. The minimum Gasteiger partial charge on any atom is -0.334 e. The summed E-state index contributed by atoms with van der Waals surface area (Å²) in [4.78, 5) is 19.4. The van der Waals surface area contributed by atoms with E-state index in [4.69, 9.17) is 0 Å². The predicted octanol–water partition coefficient (Wildman–Crippen LogP) is 2.12. The van der Waals surface area contributed by atoms with Crippen molar-refractivity contribution in [3.63, 3.8) is 0 Å². The van der Waals surface area contributed by atoms with Gasteiger partial charge in [-0.25, -0.2) is 14.2 Å². The van der Waals surface area contributed by atoms with Crippen molar-refractivity contribution in [3.8, 4) is 5.69 Å². The fraction of sp³-hybridized carbons (Fsp3) is 0.250. The zero-order valence-corrected chi connectivity index (χ0v) is 13.0.